The first-order valence-corrected chi connectivity index (χ1v) is 7.90. The lowest BCUT2D eigenvalue weighted by molar-refractivity contribution is 0.306. The van der Waals surface area contributed by atoms with E-state index >= 15 is 0 Å². The summed E-state index contributed by atoms with van der Waals surface area (Å²) in [7, 11) is 1.84. The van der Waals surface area contributed by atoms with E-state index in [0.717, 1.165) is 22.2 Å². The summed E-state index contributed by atoms with van der Waals surface area (Å²) in [4.78, 5) is 0. The van der Waals surface area contributed by atoms with Crippen LogP contribution >= 0.6 is 11.8 Å². The molecule has 0 bridgehead atoms. The Morgan fingerprint density at radius 3 is 2.64 bits per heavy atom. The third-order valence-electron chi connectivity index (χ3n) is 3.10. The minimum atomic E-state index is 0.574. The molecule has 0 N–H and O–H groups in total. The Morgan fingerprint density at radius 1 is 1.05 bits per heavy atom. The largest absolute Gasteiger partial charge is 0.489 e. The molecule has 0 amide bonds. The highest BCUT2D eigenvalue weighted by atomic mass is 32.2. The van der Waals surface area contributed by atoms with Crippen LogP contribution in [0.4, 0.5) is 0 Å². The van der Waals surface area contributed by atoms with Crippen LogP contribution in [0.15, 0.2) is 59.8 Å². The Morgan fingerprint density at radius 2 is 1.86 bits per heavy atom. The maximum absolute atomic E-state index is 5.84. The Labute approximate surface area is 133 Å². The molecule has 0 aliphatic heterocycles. The summed E-state index contributed by atoms with van der Waals surface area (Å²) in [6, 6.07) is 18.3. The number of thioether (sulfide) groups is 1. The predicted molar refractivity (Wildman–Crippen MR) is 85.6 cm³/mol. The molecule has 3 aromatic rings. The van der Waals surface area contributed by atoms with Gasteiger partial charge in [0, 0.05) is 12.8 Å². The second kappa shape index (κ2) is 7.09. The third-order valence-corrected chi connectivity index (χ3v) is 4.18. The van der Waals surface area contributed by atoms with E-state index in [2.05, 4.69) is 39.8 Å². The maximum atomic E-state index is 5.84. The van der Waals surface area contributed by atoms with Gasteiger partial charge in [0.15, 0.2) is 0 Å². The number of aryl methyl sites for hydroxylation is 1. The van der Waals surface area contributed by atoms with Crippen LogP contribution in [0.25, 0.3) is 0 Å². The number of ether oxygens (including phenoxy) is 1. The molecule has 0 spiro atoms. The molecule has 0 atom stereocenters. The number of hydrogen-bond acceptors (Lipinski definition) is 5. The first-order valence-electron chi connectivity index (χ1n) is 6.92. The van der Waals surface area contributed by atoms with Crippen molar-refractivity contribution in [3.05, 3.63) is 65.7 Å². The Balaban J connectivity index is 1.59. The molecule has 1 aromatic heterocycles. The number of aromatic nitrogens is 4. The molecular formula is C16H16N4OS. The van der Waals surface area contributed by atoms with E-state index in [4.69, 9.17) is 4.74 Å². The van der Waals surface area contributed by atoms with Crippen LogP contribution < -0.4 is 4.74 Å². The zero-order valence-electron chi connectivity index (χ0n) is 12.2. The molecule has 0 aliphatic rings. The van der Waals surface area contributed by atoms with Crippen molar-refractivity contribution >= 4 is 11.8 Å². The van der Waals surface area contributed by atoms with Crippen LogP contribution in [0.5, 0.6) is 5.75 Å². The van der Waals surface area contributed by atoms with Crippen molar-refractivity contribution in [2.45, 2.75) is 17.5 Å². The first-order chi connectivity index (χ1) is 10.8. The monoisotopic (exact) mass is 312 g/mol. The smallest absolute Gasteiger partial charge is 0.209 e. The van der Waals surface area contributed by atoms with Crippen LogP contribution in [0.2, 0.25) is 0 Å². The molecule has 0 saturated heterocycles. The maximum Gasteiger partial charge on any atom is 0.209 e. The van der Waals surface area contributed by atoms with Crippen molar-refractivity contribution in [3.8, 4) is 5.75 Å². The van der Waals surface area contributed by atoms with Crippen molar-refractivity contribution in [2.75, 3.05) is 0 Å². The SMILES string of the molecule is Cn1nnnc1SCc1cccc(OCc2ccccc2)c1. The Kier molecular flexibility index (Phi) is 4.70. The summed E-state index contributed by atoms with van der Waals surface area (Å²) in [6.07, 6.45) is 0. The number of benzene rings is 2. The number of hydrogen-bond donors (Lipinski definition) is 0. The second-order valence-corrected chi connectivity index (χ2v) is 5.74. The summed E-state index contributed by atoms with van der Waals surface area (Å²) in [5, 5.41) is 12.2. The van der Waals surface area contributed by atoms with E-state index in [0.29, 0.717) is 6.61 Å². The lowest BCUT2D eigenvalue weighted by Gasteiger charge is -2.08. The topological polar surface area (TPSA) is 52.8 Å². The Bertz CT molecular complexity index is 730. The molecular weight excluding hydrogens is 296 g/mol. The van der Waals surface area contributed by atoms with Gasteiger partial charge in [0.25, 0.3) is 0 Å². The predicted octanol–water partition coefficient (Wildman–Crippen LogP) is 3.08. The van der Waals surface area contributed by atoms with Gasteiger partial charge in [-0.3, -0.25) is 0 Å². The fraction of sp³-hybridized carbons (Fsp3) is 0.188. The second-order valence-electron chi connectivity index (χ2n) is 4.80. The fourth-order valence-electron chi connectivity index (χ4n) is 1.96. The summed E-state index contributed by atoms with van der Waals surface area (Å²) >= 11 is 1.60. The Hall–Kier alpha value is -2.34. The molecule has 0 radical (unpaired) electrons. The lowest BCUT2D eigenvalue weighted by Crippen LogP contribution is -1.96. The van der Waals surface area contributed by atoms with Gasteiger partial charge in [-0.25, -0.2) is 4.68 Å². The van der Waals surface area contributed by atoms with Gasteiger partial charge in [-0.05, 0) is 33.7 Å². The van der Waals surface area contributed by atoms with Gasteiger partial charge in [0.1, 0.15) is 12.4 Å². The van der Waals surface area contributed by atoms with Crippen LogP contribution in [0.1, 0.15) is 11.1 Å². The number of rotatable bonds is 6. The van der Waals surface area contributed by atoms with Crippen LogP contribution in [0, 0.1) is 0 Å². The van der Waals surface area contributed by atoms with E-state index < -0.39 is 0 Å². The van der Waals surface area contributed by atoms with Gasteiger partial charge in [-0.2, -0.15) is 0 Å². The fourth-order valence-corrected chi connectivity index (χ4v) is 2.75. The molecule has 0 unspecified atom stereocenters. The van der Waals surface area contributed by atoms with Crippen LogP contribution in [0.3, 0.4) is 0 Å². The van der Waals surface area contributed by atoms with Gasteiger partial charge in [0.2, 0.25) is 5.16 Å². The van der Waals surface area contributed by atoms with Crippen molar-refractivity contribution in [1.29, 1.82) is 0 Å². The summed E-state index contributed by atoms with van der Waals surface area (Å²) in [6.45, 7) is 0.574. The molecule has 5 nitrogen and oxygen atoms in total. The lowest BCUT2D eigenvalue weighted by atomic mass is 10.2. The van der Waals surface area contributed by atoms with Crippen molar-refractivity contribution < 1.29 is 4.74 Å². The molecule has 0 saturated carbocycles. The summed E-state index contributed by atoms with van der Waals surface area (Å²) in [5.41, 5.74) is 2.34. The zero-order chi connectivity index (χ0) is 15.2. The van der Waals surface area contributed by atoms with Crippen LogP contribution in [-0.4, -0.2) is 20.2 Å². The van der Waals surface area contributed by atoms with E-state index in [-0.39, 0.29) is 0 Å². The molecule has 0 aliphatic carbocycles. The van der Waals surface area contributed by atoms with Crippen molar-refractivity contribution in [3.63, 3.8) is 0 Å². The summed E-state index contributed by atoms with van der Waals surface area (Å²) < 4.78 is 7.51. The molecule has 0 fully saturated rings. The first kappa shape index (κ1) is 14.6. The molecule has 1 heterocycles. The minimum Gasteiger partial charge on any atom is -0.489 e. The number of tetrazole rings is 1. The van der Waals surface area contributed by atoms with Gasteiger partial charge in [-0.1, -0.05) is 54.2 Å². The zero-order valence-corrected chi connectivity index (χ0v) is 13.0. The molecule has 3 rings (SSSR count). The van der Waals surface area contributed by atoms with E-state index in [1.165, 1.54) is 5.56 Å². The molecule has 6 heteroatoms. The standard InChI is InChI=1S/C16H16N4OS/c1-20-16(17-18-19-20)22-12-14-8-5-9-15(10-14)21-11-13-6-3-2-4-7-13/h2-10H,11-12H2,1H3. The van der Waals surface area contributed by atoms with E-state index in [9.17, 15) is 0 Å². The average Bonchev–Trinajstić information content (AvgIpc) is 2.98. The third kappa shape index (κ3) is 3.85. The van der Waals surface area contributed by atoms with E-state index in [1.54, 1.807) is 16.4 Å². The van der Waals surface area contributed by atoms with E-state index in [1.807, 2.05) is 37.4 Å². The minimum absolute atomic E-state index is 0.574. The van der Waals surface area contributed by atoms with Gasteiger partial charge < -0.3 is 4.74 Å². The normalized spacial score (nSPS) is 10.6. The van der Waals surface area contributed by atoms with Crippen molar-refractivity contribution in [1.82, 2.24) is 20.2 Å². The molecule has 22 heavy (non-hydrogen) atoms. The highest BCUT2D eigenvalue weighted by molar-refractivity contribution is 7.98. The van der Waals surface area contributed by atoms with Gasteiger partial charge in [0.05, 0.1) is 0 Å². The molecule has 112 valence electrons. The van der Waals surface area contributed by atoms with Crippen LogP contribution in [-0.2, 0) is 19.4 Å². The highest BCUT2D eigenvalue weighted by Crippen LogP contribution is 2.22. The highest BCUT2D eigenvalue weighted by Gasteiger charge is 2.04. The summed E-state index contributed by atoms with van der Waals surface area (Å²) in [5.74, 6) is 1.68. The average molecular weight is 312 g/mol. The van der Waals surface area contributed by atoms with Gasteiger partial charge >= 0.3 is 0 Å². The van der Waals surface area contributed by atoms with Crippen molar-refractivity contribution in [2.24, 2.45) is 7.05 Å². The molecule has 2 aromatic carbocycles. The van der Waals surface area contributed by atoms with Gasteiger partial charge in [-0.15, -0.1) is 5.10 Å². The quantitative estimate of drug-likeness (QED) is 0.655. The number of nitrogens with zero attached hydrogens (tertiary/aromatic N) is 4.